The maximum absolute atomic E-state index is 5.86. The van der Waals surface area contributed by atoms with E-state index in [1.165, 1.54) is 11.1 Å². The van der Waals surface area contributed by atoms with Gasteiger partial charge in [-0.3, -0.25) is 5.43 Å². The van der Waals surface area contributed by atoms with Crippen LogP contribution >= 0.6 is 12.2 Å². The SMILES string of the molecule is C=CCNC(=S)NN=Cc1ccc(OCCCOc2cccc(C)c2C)c(OC)c1. The van der Waals surface area contributed by atoms with Gasteiger partial charge in [-0.05, 0) is 67.0 Å². The Morgan fingerprint density at radius 3 is 2.60 bits per heavy atom. The van der Waals surface area contributed by atoms with Crippen LogP contribution < -0.4 is 25.0 Å². The van der Waals surface area contributed by atoms with Gasteiger partial charge in [0.15, 0.2) is 16.6 Å². The molecule has 0 aliphatic carbocycles. The Morgan fingerprint density at radius 1 is 1.10 bits per heavy atom. The van der Waals surface area contributed by atoms with Gasteiger partial charge in [0.2, 0.25) is 0 Å². The number of rotatable bonds is 11. The number of ether oxygens (including phenoxy) is 3. The van der Waals surface area contributed by atoms with Crippen molar-refractivity contribution in [1.82, 2.24) is 10.7 Å². The molecule has 2 aromatic rings. The van der Waals surface area contributed by atoms with Crippen LogP contribution in [0.15, 0.2) is 54.2 Å². The minimum Gasteiger partial charge on any atom is -0.493 e. The predicted molar refractivity (Wildman–Crippen MR) is 126 cm³/mol. The highest BCUT2D eigenvalue weighted by atomic mass is 32.1. The van der Waals surface area contributed by atoms with Gasteiger partial charge < -0.3 is 19.5 Å². The van der Waals surface area contributed by atoms with Gasteiger partial charge in [0.1, 0.15) is 5.75 Å². The summed E-state index contributed by atoms with van der Waals surface area (Å²) in [6.07, 6.45) is 4.14. The van der Waals surface area contributed by atoms with E-state index in [0.29, 0.717) is 36.4 Å². The second kappa shape index (κ2) is 12.5. The number of thiocarbonyl (C=S) groups is 1. The van der Waals surface area contributed by atoms with Crippen LogP contribution in [0.4, 0.5) is 0 Å². The minimum atomic E-state index is 0.432. The van der Waals surface area contributed by atoms with Crippen LogP contribution in [0, 0.1) is 13.8 Å². The van der Waals surface area contributed by atoms with Gasteiger partial charge in [0.05, 0.1) is 26.5 Å². The molecule has 0 saturated heterocycles. The van der Waals surface area contributed by atoms with E-state index < -0.39 is 0 Å². The first kappa shape index (κ1) is 23.2. The maximum Gasteiger partial charge on any atom is 0.187 e. The van der Waals surface area contributed by atoms with Crippen molar-refractivity contribution in [3.63, 3.8) is 0 Å². The van der Waals surface area contributed by atoms with Crippen molar-refractivity contribution < 1.29 is 14.2 Å². The monoisotopic (exact) mass is 427 g/mol. The summed E-state index contributed by atoms with van der Waals surface area (Å²) in [5, 5.41) is 7.47. The third-order valence-electron chi connectivity index (χ3n) is 4.33. The van der Waals surface area contributed by atoms with Gasteiger partial charge in [-0.1, -0.05) is 18.2 Å². The molecule has 30 heavy (non-hydrogen) atoms. The number of nitrogens with zero attached hydrogens (tertiary/aromatic N) is 1. The van der Waals surface area contributed by atoms with E-state index in [2.05, 4.69) is 42.3 Å². The molecule has 0 heterocycles. The third-order valence-corrected chi connectivity index (χ3v) is 4.57. The van der Waals surface area contributed by atoms with E-state index in [9.17, 15) is 0 Å². The summed E-state index contributed by atoms with van der Waals surface area (Å²) in [4.78, 5) is 0. The number of aryl methyl sites for hydroxylation is 1. The lowest BCUT2D eigenvalue weighted by atomic mass is 10.1. The van der Waals surface area contributed by atoms with E-state index in [-0.39, 0.29) is 0 Å². The van der Waals surface area contributed by atoms with Crippen LogP contribution in [0.5, 0.6) is 17.2 Å². The summed E-state index contributed by atoms with van der Waals surface area (Å²) >= 11 is 5.08. The molecule has 0 saturated carbocycles. The Labute approximate surface area is 183 Å². The lowest BCUT2D eigenvalue weighted by Gasteiger charge is -2.13. The number of nitrogens with one attached hydrogen (secondary N) is 2. The third kappa shape index (κ3) is 7.40. The molecule has 2 rings (SSSR count). The molecule has 2 N–H and O–H groups in total. The first-order valence-electron chi connectivity index (χ1n) is 9.72. The summed E-state index contributed by atoms with van der Waals surface area (Å²) in [7, 11) is 1.61. The largest absolute Gasteiger partial charge is 0.493 e. The fraction of sp³-hybridized carbons (Fsp3) is 0.304. The summed E-state index contributed by atoms with van der Waals surface area (Å²) < 4.78 is 17.2. The average molecular weight is 428 g/mol. The molecular formula is C23H29N3O3S. The Morgan fingerprint density at radius 2 is 1.87 bits per heavy atom. The normalized spacial score (nSPS) is 10.5. The molecule has 0 fully saturated rings. The smallest absolute Gasteiger partial charge is 0.187 e. The minimum absolute atomic E-state index is 0.432. The zero-order valence-electron chi connectivity index (χ0n) is 17.7. The van der Waals surface area contributed by atoms with E-state index in [1.54, 1.807) is 19.4 Å². The van der Waals surface area contributed by atoms with E-state index in [0.717, 1.165) is 17.7 Å². The molecule has 0 unspecified atom stereocenters. The number of hydrogen-bond acceptors (Lipinski definition) is 5. The molecule has 7 heteroatoms. The van der Waals surface area contributed by atoms with Crippen molar-refractivity contribution in [2.45, 2.75) is 20.3 Å². The molecule has 0 aromatic heterocycles. The fourth-order valence-corrected chi connectivity index (χ4v) is 2.69. The molecule has 0 aliphatic rings. The molecule has 0 bridgehead atoms. The standard InChI is InChI=1S/C23H29N3O3S/c1-5-12-24-23(30)26-25-16-19-10-11-21(22(15-19)27-4)29-14-7-13-28-20-9-6-8-17(2)18(20)3/h5-6,8-11,15-16H,1,7,12-14H2,2-4H3,(H2,24,26,30). The van der Waals surface area contributed by atoms with Crippen molar-refractivity contribution in [2.75, 3.05) is 26.9 Å². The van der Waals surface area contributed by atoms with Crippen molar-refractivity contribution in [1.29, 1.82) is 0 Å². The summed E-state index contributed by atoms with van der Waals surface area (Å²) in [6.45, 7) is 9.46. The van der Waals surface area contributed by atoms with Gasteiger partial charge in [-0.2, -0.15) is 5.10 Å². The topological polar surface area (TPSA) is 64.1 Å². The summed E-state index contributed by atoms with van der Waals surface area (Å²) in [6, 6.07) is 11.7. The number of benzene rings is 2. The maximum atomic E-state index is 5.86. The molecule has 2 aromatic carbocycles. The van der Waals surface area contributed by atoms with Crippen molar-refractivity contribution in [3.8, 4) is 17.2 Å². The average Bonchev–Trinajstić information content (AvgIpc) is 2.75. The van der Waals surface area contributed by atoms with Crippen LogP contribution in [0.25, 0.3) is 0 Å². The van der Waals surface area contributed by atoms with E-state index in [1.807, 2.05) is 30.3 Å². The first-order chi connectivity index (χ1) is 14.5. The highest BCUT2D eigenvalue weighted by Crippen LogP contribution is 2.27. The van der Waals surface area contributed by atoms with Crippen LogP contribution in [0.1, 0.15) is 23.1 Å². The highest BCUT2D eigenvalue weighted by molar-refractivity contribution is 7.80. The van der Waals surface area contributed by atoms with Crippen LogP contribution in [0.3, 0.4) is 0 Å². The fourth-order valence-electron chi connectivity index (χ4n) is 2.56. The van der Waals surface area contributed by atoms with Gasteiger partial charge in [-0.15, -0.1) is 6.58 Å². The van der Waals surface area contributed by atoms with Crippen LogP contribution in [-0.4, -0.2) is 38.2 Å². The Balaban J connectivity index is 1.81. The number of hydrogen-bond donors (Lipinski definition) is 2. The number of hydrazone groups is 1. The van der Waals surface area contributed by atoms with Crippen molar-refractivity contribution in [2.24, 2.45) is 5.10 Å². The molecule has 0 amide bonds. The molecule has 0 atom stereocenters. The van der Waals surface area contributed by atoms with Crippen LogP contribution in [0.2, 0.25) is 0 Å². The molecular weight excluding hydrogens is 398 g/mol. The quantitative estimate of drug-likeness (QED) is 0.185. The second-order valence-corrected chi connectivity index (χ2v) is 6.94. The molecule has 160 valence electrons. The highest BCUT2D eigenvalue weighted by Gasteiger charge is 2.06. The molecule has 0 aliphatic heterocycles. The Kier molecular flexibility index (Phi) is 9.67. The molecule has 0 radical (unpaired) electrons. The van der Waals surface area contributed by atoms with Gasteiger partial charge in [0, 0.05) is 13.0 Å². The van der Waals surface area contributed by atoms with Gasteiger partial charge in [0.25, 0.3) is 0 Å². The summed E-state index contributed by atoms with van der Waals surface area (Å²) in [5.74, 6) is 2.24. The van der Waals surface area contributed by atoms with E-state index in [4.69, 9.17) is 26.4 Å². The van der Waals surface area contributed by atoms with Gasteiger partial charge >= 0.3 is 0 Å². The van der Waals surface area contributed by atoms with Crippen molar-refractivity contribution >= 4 is 23.5 Å². The second-order valence-electron chi connectivity index (χ2n) is 6.53. The lowest BCUT2D eigenvalue weighted by molar-refractivity contribution is 0.239. The van der Waals surface area contributed by atoms with Crippen molar-refractivity contribution in [3.05, 3.63) is 65.7 Å². The Bertz CT molecular complexity index is 884. The molecule has 0 spiro atoms. The zero-order chi connectivity index (χ0) is 21.8. The number of methoxy groups -OCH3 is 1. The van der Waals surface area contributed by atoms with Gasteiger partial charge in [-0.25, -0.2) is 0 Å². The predicted octanol–water partition coefficient (Wildman–Crippen LogP) is 4.14. The van der Waals surface area contributed by atoms with Crippen LogP contribution in [-0.2, 0) is 0 Å². The lowest BCUT2D eigenvalue weighted by Crippen LogP contribution is -2.31. The Hall–Kier alpha value is -3.06. The van der Waals surface area contributed by atoms with E-state index >= 15 is 0 Å². The first-order valence-corrected chi connectivity index (χ1v) is 10.1. The molecule has 6 nitrogen and oxygen atoms in total. The summed E-state index contributed by atoms with van der Waals surface area (Å²) in [5.41, 5.74) is 6.00. The zero-order valence-corrected chi connectivity index (χ0v) is 18.6.